The van der Waals surface area contributed by atoms with Gasteiger partial charge in [-0.1, -0.05) is 170 Å². The van der Waals surface area contributed by atoms with Gasteiger partial charge in [-0.3, -0.25) is 0 Å². The highest BCUT2D eigenvalue weighted by Gasteiger charge is 2.20. The first-order valence-electron chi connectivity index (χ1n) is 23.2. The largest absolute Gasteiger partial charge is 0.309 e. The molecule has 0 N–H and O–H groups in total. The molecule has 4 aromatic heterocycles. The monoisotopic (exact) mass is 914 g/mol. The standard InChI is InChI=1S/C63H38N4S2/c1-4-16-39(17-5-1)61-64-62(40-18-6-2-7-19-40)66-63(65-61)50-27-15-29-58-59(50)53-37-42(32-35-57(53)68-58)41-30-33-54-51(36-41)52-38-43(31-34-55(52)67(54)44-20-8-3-9-21-44)45-22-10-11-23-46(45)48-25-14-26-49-47-24-12-13-28-56(47)69-60(48)49/h1-38H. The van der Waals surface area contributed by atoms with E-state index in [1.807, 2.05) is 59.1 Å². The van der Waals surface area contributed by atoms with Crippen molar-refractivity contribution < 1.29 is 0 Å². The molecular formula is C63H38N4S2. The molecule has 6 heteroatoms. The van der Waals surface area contributed by atoms with Crippen LogP contribution in [0.1, 0.15) is 0 Å². The number of benzene rings is 10. The van der Waals surface area contributed by atoms with E-state index in [0.717, 1.165) is 38.9 Å². The van der Waals surface area contributed by atoms with Gasteiger partial charge in [-0.15, -0.1) is 22.7 Å². The van der Waals surface area contributed by atoms with Gasteiger partial charge in [-0.05, 0) is 88.5 Å². The summed E-state index contributed by atoms with van der Waals surface area (Å²) in [6.45, 7) is 0. The van der Waals surface area contributed by atoms with E-state index in [-0.39, 0.29) is 0 Å². The maximum atomic E-state index is 5.16. The molecule has 14 aromatic rings. The fourth-order valence-corrected chi connectivity index (χ4v) is 12.6. The predicted molar refractivity (Wildman–Crippen MR) is 293 cm³/mol. The summed E-state index contributed by atoms with van der Waals surface area (Å²) < 4.78 is 7.46. The topological polar surface area (TPSA) is 43.6 Å². The minimum absolute atomic E-state index is 0.653. The van der Waals surface area contributed by atoms with Gasteiger partial charge in [0, 0.05) is 79.1 Å². The zero-order valence-corrected chi connectivity index (χ0v) is 38.7. The van der Waals surface area contributed by atoms with Crippen LogP contribution in [-0.2, 0) is 0 Å². The Labute approximate surface area is 405 Å². The second-order valence-electron chi connectivity index (χ2n) is 17.5. The summed E-state index contributed by atoms with van der Waals surface area (Å²) in [5.74, 6) is 1.96. The van der Waals surface area contributed by atoms with Crippen LogP contribution in [0.25, 0.3) is 135 Å². The highest BCUT2D eigenvalue weighted by molar-refractivity contribution is 7.26. The Hall–Kier alpha value is -8.55. The lowest BCUT2D eigenvalue weighted by Gasteiger charge is -2.12. The van der Waals surface area contributed by atoms with Gasteiger partial charge in [-0.25, -0.2) is 15.0 Å². The van der Waals surface area contributed by atoms with Crippen molar-refractivity contribution in [3.05, 3.63) is 231 Å². The first-order chi connectivity index (χ1) is 34.2. The van der Waals surface area contributed by atoms with Crippen LogP contribution in [-0.4, -0.2) is 19.5 Å². The third-order valence-electron chi connectivity index (χ3n) is 13.5. The van der Waals surface area contributed by atoms with Crippen LogP contribution in [0.3, 0.4) is 0 Å². The number of aromatic nitrogens is 4. The molecule has 0 unspecified atom stereocenters. The van der Waals surface area contributed by atoms with Gasteiger partial charge < -0.3 is 4.57 Å². The molecule has 0 atom stereocenters. The van der Waals surface area contributed by atoms with E-state index in [1.54, 1.807) is 0 Å². The Morgan fingerprint density at radius 2 is 0.797 bits per heavy atom. The lowest BCUT2D eigenvalue weighted by atomic mass is 9.93. The summed E-state index contributed by atoms with van der Waals surface area (Å²) >= 11 is 3.69. The summed E-state index contributed by atoms with van der Waals surface area (Å²) in [7, 11) is 0. The zero-order valence-electron chi connectivity index (χ0n) is 37.0. The minimum atomic E-state index is 0.653. The van der Waals surface area contributed by atoms with Crippen molar-refractivity contribution in [2.75, 3.05) is 0 Å². The molecule has 69 heavy (non-hydrogen) atoms. The fraction of sp³-hybridized carbons (Fsp3) is 0. The molecule has 0 aliphatic heterocycles. The molecule has 0 fully saturated rings. The third-order valence-corrected chi connectivity index (χ3v) is 15.8. The SMILES string of the molecule is c1ccc(-c2nc(-c3ccccc3)nc(-c3cccc4sc5ccc(-c6ccc7c(c6)c6cc(-c8ccccc8-c8cccc9c8sc8ccccc89)ccc6n7-c6ccccc6)cc5c34)n2)cc1. The highest BCUT2D eigenvalue weighted by atomic mass is 32.1. The Kier molecular flexibility index (Phi) is 9.22. The summed E-state index contributed by atoms with van der Waals surface area (Å²) in [4.78, 5) is 15.3. The Balaban J connectivity index is 0.939. The van der Waals surface area contributed by atoms with Crippen LogP contribution >= 0.6 is 22.7 Å². The molecule has 322 valence electrons. The molecule has 0 bridgehead atoms. The molecule has 10 aromatic carbocycles. The molecule has 0 amide bonds. The highest BCUT2D eigenvalue weighted by Crippen LogP contribution is 2.46. The summed E-state index contributed by atoms with van der Waals surface area (Å²) in [6.07, 6.45) is 0. The van der Waals surface area contributed by atoms with Crippen molar-refractivity contribution in [1.29, 1.82) is 0 Å². The summed E-state index contributed by atoms with van der Waals surface area (Å²) in [5, 5.41) is 7.38. The van der Waals surface area contributed by atoms with Crippen molar-refractivity contribution >= 4 is 84.8 Å². The maximum Gasteiger partial charge on any atom is 0.164 e. The minimum Gasteiger partial charge on any atom is -0.309 e. The predicted octanol–water partition coefficient (Wildman–Crippen LogP) is 17.7. The lowest BCUT2D eigenvalue weighted by molar-refractivity contribution is 1.08. The van der Waals surface area contributed by atoms with Crippen LogP contribution in [0.2, 0.25) is 0 Å². The summed E-state index contributed by atoms with van der Waals surface area (Å²) in [5.41, 5.74) is 13.6. The van der Waals surface area contributed by atoms with Crippen LogP contribution in [0, 0.1) is 0 Å². The van der Waals surface area contributed by atoms with E-state index in [9.17, 15) is 0 Å². The van der Waals surface area contributed by atoms with Gasteiger partial charge >= 0.3 is 0 Å². The van der Waals surface area contributed by atoms with E-state index >= 15 is 0 Å². The second-order valence-corrected chi connectivity index (χ2v) is 19.6. The first-order valence-corrected chi connectivity index (χ1v) is 24.8. The third kappa shape index (κ3) is 6.60. The second kappa shape index (κ2) is 16.1. The number of rotatable bonds is 7. The van der Waals surface area contributed by atoms with E-state index < -0.39 is 0 Å². The van der Waals surface area contributed by atoms with E-state index in [1.165, 1.54) is 79.0 Å². The number of nitrogens with zero attached hydrogens (tertiary/aromatic N) is 4. The van der Waals surface area contributed by atoms with Crippen molar-refractivity contribution in [2.45, 2.75) is 0 Å². The van der Waals surface area contributed by atoms with Gasteiger partial charge in [0.15, 0.2) is 17.5 Å². The van der Waals surface area contributed by atoms with Crippen LogP contribution in [0.4, 0.5) is 0 Å². The molecular weight excluding hydrogens is 877 g/mol. The van der Waals surface area contributed by atoms with Gasteiger partial charge in [0.1, 0.15) is 0 Å². The number of thiophene rings is 2. The molecule has 14 rings (SSSR count). The number of hydrogen-bond acceptors (Lipinski definition) is 5. The Morgan fingerprint density at radius 3 is 1.54 bits per heavy atom. The fourth-order valence-electron chi connectivity index (χ4n) is 10.3. The van der Waals surface area contributed by atoms with E-state index in [4.69, 9.17) is 15.0 Å². The average Bonchev–Trinajstić information content (AvgIpc) is 4.10. The van der Waals surface area contributed by atoms with Gasteiger partial charge in [-0.2, -0.15) is 0 Å². The Morgan fingerprint density at radius 1 is 0.290 bits per heavy atom. The molecule has 0 spiro atoms. The molecule has 0 radical (unpaired) electrons. The summed E-state index contributed by atoms with van der Waals surface area (Å²) in [6, 6.07) is 82.9. The van der Waals surface area contributed by atoms with Gasteiger partial charge in [0.2, 0.25) is 0 Å². The average molecular weight is 915 g/mol. The lowest BCUT2D eigenvalue weighted by Crippen LogP contribution is -2.00. The maximum absolute atomic E-state index is 5.16. The molecule has 4 heterocycles. The van der Waals surface area contributed by atoms with Crippen molar-refractivity contribution in [1.82, 2.24) is 19.5 Å². The smallest absolute Gasteiger partial charge is 0.164 e. The van der Waals surface area contributed by atoms with Crippen molar-refractivity contribution in [2.24, 2.45) is 0 Å². The van der Waals surface area contributed by atoms with Gasteiger partial charge in [0.05, 0.1) is 11.0 Å². The molecule has 0 aliphatic rings. The molecule has 0 saturated heterocycles. The first kappa shape index (κ1) is 39.6. The van der Waals surface area contributed by atoms with Crippen LogP contribution < -0.4 is 0 Å². The van der Waals surface area contributed by atoms with E-state index in [0.29, 0.717) is 17.5 Å². The zero-order chi connectivity index (χ0) is 45.4. The quantitative estimate of drug-likeness (QED) is 0.160. The van der Waals surface area contributed by atoms with Gasteiger partial charge in [0.25, 0.3) is 0 Å². The number of para-hydroxylation sites is 1. The Bertz CT molecular complexity index is 4250. The molecule has 0 aliphatic carbocycles. The van der Waals surface area contributed by atoms with Crippen LogP contribution in [0.15, 0.2) is 231 Å². The number of fused-ring (bicyclic) bond motifs is 9. The molecule has 0 saturated carbocycles. The molecule has 4 nitrogen and oxygen atoms in total. The normalized spacial score (nSPS) is 11.8. The van der Waals surface area contributed by atoms with Crippen molar-refractivity contribution in [3.8, 4) is 73.2 Å². The van der Waals surface area contributed by atoms with Crippen LogP contribution in [0.5, 0.6) is 0 Å². The van der Waals surface area contributed by atoms with Crippen molar-refractivity contribution in [3.63, 3.8) is 0 Å². The van der Waals surface area contributed by atoms with E-state index in [2.05, 4.69) is 199 Å². The number of hydrogen-bond donors (Lipinski definition) is 0.